The SMILES string of the molecule is Cc1cc(C(=O)N2CC[C@]3(c4ncccc4F)OCOC3C2)ccc1OCCOC(F)(F)F. The monoisotopic (exact) mass is 470 g/mol. The summed E-state index contributed by atoms with van der Waals surface area (Å²) >= 11 is 0. The minimum absolute atomic E-state index is 0.0219. The molecule has 0 spiro atoms. The van der Waals surface area contributed by atoms with E-state index in [1.54, 1.807) is 24.0 Å². The van der Waals surface area contributed by atoms with Crippen molar-refractivity contribution in [2.45, 2.75) is 31.4 Å². The van der Waals surface area contributed by atoms with Crippen molar-refractivity contribution >= 4 is 5.91 Å². The molecule has 0 N–H and O–H groups in total. The molecular weight excluding hydrogens is 448 g/mol. The van der Waals surface area contributed by atoms with E-state index < -0.39 is 30.5 Å². The number of aromatic nitrogens is 1. The molecule has 2 fully saturated rings. The van der Waals surface area contributed by atoms with Gasteiger partial charge in [-0.2, -0.15) is 0 Å². The largest absolute Gasteiger partial charge is 0.522 e. The Hall–Kier alpha value is -2.76. The molecule has 178 valence electrons. The zero-order valence-corrected chi connectivity index (χ0v) is 17.7. The summed E-state index contributed by atoms with van der Waals surface area (Å²) in [4.78, 5) is 18.8. The summed E-state index contributed by atoms with van der Waals surface area (Å²) in [6, 6.07) is 7.49. The predicted octanol–water partition coefficient (Wildman–Crippen LogP) is 3.56. The average molecular weight is 470 g/mol. The van der Waals surface area contributed by atoms with E-state index in [0.29, 0.717) is 29.8 Å². The zero-order chi connectivity index (χ0) is 23.6. The van der Waals surface area contributed by atoms with Gasteiger partial charge in [0.15, 0.2) is 0 Å². The first-order valence-electron chi connectivity index (χ1n) is 10.3. The van der Waals surface area contributed by atoms with Crippen molar-refractivity contribution in [1.82, 2.24) is 9.88 Å². The van der Waals surface area contributed by atoms with Gasteiger partial charge in [0, 0.05) is 24.7 Å². The highest BCUT2D eigenvalue weighted by Gasteiger charge is 2.53. The smallest absolute Gasteiger partial charge is 0.491 e. The standard InChI is InChI=1S/C22H22F4N2O5/c1-14-11-15(4-5-17(14)30-9-10-32-22(24,25)26)20(29)28-8-6-21(18(12-28)31-13-33-21)19-16(23)3-2-7-27-19/h2-5,7,11,18H,6,8-10,12-13H2,1H3/t18?,21-/m0/s1. The number of nitrogens with zero attached hydrogens (tertiary/aromatic N) is 2. The fraction of sp³-hybridized carbons (Fsp3) is 0.455. The number of likely N-dealkylation sites (tertiary alicyclic amines) is 1. The number of halogens is 4. The van der Waals surface area contributed by atoms with Crippen LogP contribution < -0.4 is 4.74 Å². The third kappa shape index (κ3) is 4.94. The number of rotatable bonds is 6. The highest BCUT2D eigenvalue weighted by Crippen LogP contribution is 2.42. The van der Waals surface area contributed by atoms with Gasteiger partial charge in [-0.1, -0.05) is 0 Å². The van der Waals surface area contributed by atoms with E-state index in [4.69, 9.17) is 14.2 Å². The minimum atomic E-state index is -4.71. The molecule has 1 unspecified atom stereocenters. The number of hydrogen-bond acceptors (Lipinski definition) is 6. The number of benzene rings is 1. The Morgan fingerprint density at radius 2 is 2.12 bits per heavy atom. The number of piperidine rings is 1. The lowest BCUT2D eigenvalue weighted by Gasteiger charge is -2.41. The molecule has 0 saturated carbocycles. The summed E-state index contributed by atoms with van der Waals surface area (Å²) < 4.78 is 71.0. The van der Waals surface area contributed by atoms with Crippen LogP contribution in [0.2, 0.25) is 0 Å². The second-order valence-corrected chi connectivity index (χ2v) is 7.76. The van der Waals surface area contributed by atoms with E-state index in [0.717, 1.165) is 0 Å². The Kier molecular flexibility index (Phi) is 6.55. The molecule has 0 radical (unpaired) electrons. The number of alkyl halides is 3. The summed E-state index contributed by atoms with van der Waals surface area (Å²) in [5, 5.41) is 0. The number of amides is 1. The summed E-state index contributed by atoms with van der Waals surface area (Å²) in [7, 11) is 0. The van der Waals surface area contributed by atoms with Gasteiger partial charge in [-0.05, 0) is 42.8 Å². The molecule has 3 heterocycles. The third-order valence-corrected chi connectivity index (χ3v) is 5.72. The van der Waals surface area contributed by atoms with Crippen LogP contribution in [0.3, 0.4) is 0 Å². The van der Waals surface area contributed by atoms with Crippen LogP contribution in [0, 0.1) is 12.7 Å². The van der Waals surface area contributed by atoms with E-state index in [-0.39, 0.29) is 31.5 Å². The Balaban J connectivity index is 1.41. The van der Waals surface area contributed by atoms with E-state index in [2.05, 4.69) is 9.72 Å². The molecule has 1 aromatic heterocycles. The molecule has 1 amide bonds. The molecule has 2 atom stereocenters. The number of ether oxygens (including phenoxy) is 4. The van der Waals surface area contributed by atoms with E-state index in [1.807, 2.05) is 0 Å². The van der Waals surface area contributed by atoms with Gasteiger partial charge in [-0.3, -0.25) is 14.5 Å². The first-order chi connectivity index (χ1) is 15.7. The lowest BCUT2D eigenvalue weighted by Crippen LogP contribution is -2.54. The van der Waals surface area contributed by atoms with Gasteiger partial charge in [-0.25, -0.2) is 4.39 Å². The Morgan fingerprint density at radius 1 is 1.30 bits per heavy atom. The van der Waals surface area contributed by atoms with Gasteiger partial charge < -0.3 is 19.1 Å². The van der Waals surface area contributed by atoms with Gasteiger partial charge in [0.05, 0.1) is 13.2 Å². The Morgan fingerprint density at radius 3 is 2.85 bits per heavy atom. The normalized spacial score (nSPS) is 22.8. The summed E-state index contributed by atoms with van der Waals surface area (Å²) in [5.41, 5.74) is 0.109. The molecule has 2 saturated heterocycles. The van der Waals surface area contributed by atoms with Gasteiger partial charge in [0.2, 0.25) is 0 Å². The van der Waals surface area contributed by atoms with Crippen molar-refractivity contribution in [3.8, 4) is 5.75 Å². The predicted molar refractivity (Wildman–Crippen MR) is 106 cm³/mol. The van der Waals surface area contributed by atoms with E-state index in [9.17, 15) is 22.4 Å². The summed E-state index contributed by atoms with van der Waals surface area (Å²) in [6.07, 6.45) is -3.48. The molecule has 2 aliphatic rings. The first-order valence-corrected chi connectivity index (χ1v) is 10.3. The lowest BCUT2D eigenvalue weighted by molar-refractivity contribution is -0.325. The Labute approximate surface area is 187 Å². The van der Waals surface area contributed by atoms with Crippen molar-refractivity contribution in [2.75, 3.05) is 33.1 Å². The van der Waals surface area contributed by atoms with Crippen molar-refractivity contribution in [3.63, 3.8) is 0 Å². The number of aryl methyl sites for hydroxylation is 1. The molecular formula is C22H22F4N2O5. The van der Waals surface area contributed by atoms with Crippen LogP contribution in [-0.2, 0) is 19.8 Å². The van der Waals surface area contributed by atoms with Crippen LogP contribution in [0.5, 0.6) is 5.75 Å². The summed E-state index contributed by atoms with van der Waals surface area (Å²) in [6.45, 7) is 1.24. The van der Waals surface area contributed by atoms with Crippen LogP contribution in [0.4, 0.5) is 17.6 Å². The molecule has 2 aromatic rings. The van der Waals surface area contributed by atoms with Crippen LogP contribution >= 0.6 is 0 Å². The summed E-state index contributed by atoms with van der Waals surface area (Å²) in [5.74, 6) is -0.386. The number of carbonyl (C=O) groups excluding carboxylic acids is 1. The molecule has 0 bridgehead atoms. The van der Waals surface area contributed by atoms with Gasteiger partial charge in [-0.15, -0.1) is 13.2 Å². The molecule has 11 heteroatoms. The molecule has 4 rings (SSSR count). The number of hydrogen-bond donors (Lipinski definition) is 0. The molecule has 33 heavy (non-hydrogen) atoms. The van der Waals surface area contributed by atoms with Crippen molar-refractivity contribution in [2.24, 2.45) is 0 Å². The maximum atomic E-state index is 14.4. The van der Waals surface area contributed by atoms with Crippen LogP contribution in [0.1, 0.15) is 28.0 Å². The second kappa shape index (κ2) is 9.24. The highest BCUT2D eigenvalue weighted by atomic mass is 19.4. The van der Waals surface area contributed by atoms with Crippen molar-refractivity contribution in [3.05, 3.63) is 59.2 Å². The average Bonchev–Trinajstić information content (AvgIpc) is 3.20. The highest BCUT2D eigenvalue weighted by molar-refractivity contribution is 5.94. The van der Waals surface area contributed by atoms with E-state index in [1.165, 1.54) is 24.4 Å². The third-order valence-electron chi connectivity index (χ3n) is 5.72. The van der Waals surface area contributed by atoms with Crippen molar-refractivity contribution in [1.29, 1.82) is 0 Å². The molecule has 7 nitrogen and oxygen atoms in total. The van der Waals surface area contributed by atoms with Crippen LogP contribution in [0.15, 0.2) is 36.5 Å². The zero-order valence-electron chi connectivity index (χ0n) is 17.7. The fourth-order valence-corrected chi connectivity index (χ4v) is 4.13. The number of fused-ring (bicyclic) bond motifs is 1. The molecule has 1 aromatic carbocycles. The molecule has 0 aliphatic carbocycles. The van der Waals surface area contributed by atoms with Crippen LogP contribution in [-0.4, -0.2) is 61.4 Å². The van der Waals surface area contributed by atoms with Gasteiger partial charge in [0.1, 0.15) is 42.4 Å². The van der Waals surface area contributed by atoms with Gasteiger partial charge in [0.25, 0.3) is 5.91 Å². The first kappa shape index (κ1) is 23.4. The topological polar surface area (TPSA) is 70.1 Å². The second-order valence-electron chi connectivity index (χ2n) is 7.76. The Bertz CT molecular complexity index is 1020. The lowest BCUT2D eigenvalue weighted by atomic mass is 9.84. The fourth-order valence-electron chi connectivity index (χ4n) is 4.13. The maximum Gasteiger partial charge on any atom is 0.522 e. The van der Waals surface area contributed by atoms with Crippen molar-refractivity contribution < 1.29 is 41.3 Å². The minimum Gasteiger partial charge on any atom is -0.491 e. The number of carbonyl (C=O) groups is 1. The molecule has 2 aliphatic heterocycles. The number of pyridine rings is 1. The van der Waals surface area contributed by atoms with E-state index >= 15 is 0 Å². The quantitative estimate of drug-likeness (QED) is 0.475. The maximum absolute atomic E-state index is 14.4. The van der Waals surface area contributed by atoms with Crippen LogP contribution in [0.25, 0.3) is 0 Å². The van der Waals surface area contributed by atoms with Gasteiger partial charge >= 0.3 is 6.36 Å².